The first kappa shape index (κ1) is 12.6. The number of para-hydroxylation sites is 3. The van der Waals surface area contributed by atoms with Crippen molar-refractivity contribution in [2.45, 2.75) is 52.4 Å². The van der Waals surface area contributed by atoms with Crippen LogP contribution >= 0.6 is 0 Å². The van der Waals surface area contributed by atoms with Gasteiger partial charge in [-0.1, -0.05) is 71.8 Å². The van der Waals surface area contributed by atoms with E-state index in [0.717, 1.165) is 16.8 Å². The Bertz CT molecular complexity index is 768. The van der Waals surface area contributed by atoms with Crippen molar-refractivity contribution < 1.29 is 4.11 Å². The molecule has 22 heavy (non-hydrogen) atoms. The van der Waals surface area contributed by atoms with E-state index in [1.807, 2.05) is 0 Å². The number of nitrogens with one attached hydrogen (secondary N) is 1. The van der Waals surface area contributed by atoms with E-state index >= 15 is 0 Å². The van der Waals surface area contributed by atoms with E-state index in [1.54, 1.807) is 0 Å². The number of hydrogen-bond donors (Lipinski definition) is 2. The molecule has 0 saturated heterocycles. The van der Waals surface area contributed by atoms with Crippen LogP contribution in [-0.4, -0.2) is 0 Å². The minimum absolute atomic E-state index is 0.00718. The standard InChI is InChI=1S/C20H28N2/c1-19(2,3)14-10-9-11-15(20(4,5)6)18(14)22-17-13-8-7-12-16(17)21/h7-13,22H,21H2,1-6H3/i7D,8D,12D. The monoisotopic (exact) mass is 299 g/mol. The molecule has 0 aliphatic rings. The van der Waals surface area contributed by atoms with Gasteiger partial charge in [0.1, 0.15) is 0 Å². The molecule has 0 saturated carbocycles. The molecule has 0 radical (unpaired) electrons. The van der Waals surface area contributed by atoms with Crippen molar-refractivity contribution in [2.75, 3.05) is 11.1 Å². The summed E-state index contributed by atoms with van der Waals surface area (Å²) in [5.41, 5.74) is 9.86. The van der Waals surface area contributed by atoms with Gasteiger partial charge in [0.05, 0.1) is 15.5 Å². The molecule has 0 bridgehead atoms. The van der Waals surface area contributed by atoms with Gasteiger partial charge in [0.2, 0.25) is 0 Å². The molecule has 0 heterocycles. The number of anilines is 3. The lowest BCUT2D eigenvalue weighted by molar-refractivity contribution is 0.572. The Morgan fingerprint density at radius 1 is 0.909 bits per heavy atom. The lowest BCUT2D eigenvalue weighted by Crippen LogP contribution is -2.20. The first-order valence-electron chi connectivity index (χ1n) is 9.11. The number of benzene rings is 2. The second-order valence-corrected chi connectivity index (χ2v) is 7.72. The first-order valence-corrected chi connectivity index (χ1v) is 7.61. The van der Waals surface area contributed by atoms with Crippen molar-refractivity contribution in [2.24, 2.45) is 0 Å². The van der Waals surface area contributed by atoms with Crippen molar-refractivity contribution in [3.8, 4) is 0 Å². The molecular formula is C20H28N2. The Morgan fingerprint density at radius 3 is 1.95 bits per heavy atom. The summed E-state index contributed by atoms with van der Waals surface area (Å²) in [4.78, 5) is 0. The summed E-state index contributed by atoms with van der Waals surface area (Å²) in [6.07, 6.45) is 0. The Balaban J connectivity index is 2.71. The van der Waals surface area contributed by atoms with Crippen molar-refractivity contribution in [1.29, 1.82) is 0 Å². The maximum absolute atomic E-state index is 7.97. The van der Waals surface area contributed by atoms with E-state index in [9.17, 15) is 0 Å². The highest BCUT2D eigenvalue weighted by Crippen LogP contribution is 2.39. The zero-order chi connectivity index (χ0) is 19.2. The fourth-order valence-corrected chi connectivity index (χ4v) is 2.53. The highest BCUT2D eigenvalue weighted by molar-refractivity contribution is 5.76. The average molecular weight is 299 g/mol. The van der Waals surface area contributed by atoms with E-state index in [1.165, 1.54) is 6.07 Å². The van der Waals surface area contributed by atoms with Gasteiger partial charge in [0.25, 0.3) is 0 Å². The molecule has 0 spiro atoms. The molecule has 0 atom stereocenters. The summed E-state index contributed by atoms with van der Waals surface area (Å²) >= 11 is 0. The van der Waals surface area contributed by atoms with Crippen LogP contribution in [0.5, 0.6) is 0 Å². The van der Waals surface area contributed by atoms with Gasteiger partial charge in [-0.05, 0) is 34.1 Å². The molecule has 2 aromatic rings. The van der Waals surface area contributed by atoms with Gasteiger partial charge in [-0.2, -0.15) is 0 Å². The maximum atomic E-state index is 7.97. The topological polar surface area (TPSA) is 38.0 Å². The molecule has 0 fully saturated rings. The lowest BCUT2D eigenvalue weighted by Gasteiger charge is -2.30. The molecule has 3 N–H and O–H groups in total. The van der Waals surface area contributed by atoms with Gasteiger partial charge in [-0.15, -0.1) is 0 Å². The van der Waals surface area contributed by atoms with Crippen LogP contribution in [0.25, 0.3) is 0 Å². The Kier molecular flexibility index (Phi) is 3.24. The zero-order valence-electron chi connectivity index (χ0n) is 17.4. The van der Waals surface area contributed by atoms with Crippen LogP contribution in [0.4, 0.5) is 17.1 Å². The van der Waals surface area contributed by atoms with Gasteiger partial charge in [-0.3, -0.25) is 0 Å². The van der Waals surface area contributed by atoms with Crippen molar-refractivity contribution in [1.82, 2.24) is 0 Å². The first-order chi connectivity index (χ1) is 11.3. The summed E-state index contributed by atoms with van der Waals surface area (Å²) in [5, 5.41) is 3.38. The molecule has 0 aromatic heterocycles. The summed E-state index contributed by atoms with van der Waals surface area (Å²) in [5.74, 6) is 0. The van der Waals surface area contributed by atoms with Crippen molar-refractivity contribution >= 4 is 17.1 Å². The third kappa shape index (κ3) is 3.44. The Labute approximate surface area is 139 Å². The highest BCUT2D eigenvalue weighted by Gasteiger charge is 2.25. The number of rotatable bonds is 2. The zero-order valence-corrected chi connectivity index (χ0v) is 14.4. The van der Waals surface area contributed by atoms with E-state index in [0.29, 0.717) is 5.69 Å². The van der Waals surface area contributed by atoms with Gasteiger partial charge in [0, 0.05) is 5.69 Å². The lowest BCUT2D eigenvalue weighted by atomic mass is 9.78. The largest absolute Gasteiger partial charge is 0.397 e. The molecule has 0 unspecified atom stereocenters. The van der Waals surface area contributed by atoms with Gasteiger partial charge in [-0.25, -0.2) is 0 Å². The normalized spacial score (nSPS) is 14.2. The van der Waals surface area contributed by atoms with Crippen molar-refractivity contribution in [3.63, 3.8) is 0 Å². The van der Waals surface area contributed by atoms with Crippen molar-refractivity contribution in [3.05, 3.63) is 53.5 Å². The highest BCUT2D eigenvalue weighted by atomic mass is 14.9. The minimum Gasteiger partial charge on any atom is -0.397 e. The number of nitrogen functional groups attached to an aromatic ring is 1. The molecule has 0 amide bonds. The third-order valence-electron chi connectivity index (χ3n) is 3.72. The molecule has 118 valence electrons. The second-order valence-electron chi connectivity index (χ2n) is 7.72. The number of nitrogens with two attached hydrogens (primary N) is 1. The van der Waals surface area contributed by atoms with E-state index in [-0.39, 0.29) is 34.6 Å². The van der Waals surface area contributed by atoms with Gasteiger partial charge in [0.15, 0.2) is 0 Å². The van der Waals surface area contributed by atoms with Crippen LogP contribution in [-0.2, 0) is 10.8 Å². The van der Waals surface area contributed by atoms with Crippen LogP contribution in [0.15, 0.2) is 42.4 Å². The molecule has 2 nitrogen and oxygen atoms in total. The fraction of sp³-hybridized carbons (Fsp3) is 0.400. The fourth-order valence-electron chi connectivity index (χ4n) is 2.53. The summed E-state index contributed by atoms with van der Waals surface area (Å²) in [6.45, 7) is 12.9. The predicted molar refractivity (Wildman–Crippen MR) is 98.0 cm³/mol. The van der Waals surface area contributed by atoms with Gasteiger partial charge >= 0.3 is 0 Å². The summed E-state index contributed by atoms with van der Waals surface area (Å²) in [7, 11) is 0. The Hall–Kier alpha value is -1.96. The average Bonchev–Trinajstić information content (AvgIpc) is 2.48. The summed E-state index contributed by atoms with van der Waals surface area (Å²) in [6, 6.07) is 7.51. The molecule has 2 aromatic carbocycles. The van der Waals surface area contributed by atoms with Crippen LogP contribution in [0, 0.1) is 0 Å². The smallest absolute Gasteiger partial charge is 0.0645 e. The van der Waals surface area contributed by atoms with E-state index in [2.05, 4.69) is 65.1 Å². The van der Waals surface area contributed by atoms with Crippen LogP contribution in [0.2, 0.25) is 0 Å². The second kappa shape index (κ2) is 5.68. The van der Waals surface area contributed by atoms with Crippen LogP contribution < -0.4 is 11.1 Å². The third-order valence-corrected chi connectivity index (χ3v) is 3.72. The summed E-state index contributed by atoms with van der Waals surface area (Å²) < 4.78 is 23.6. The quantitative estimate of drug-likeness (QED) is 0.708. The number of hydrogen-bond acceptors (Lipinski definition) is 2. The SMILES string of the molecule is [2H]c1cc(Nc2c(C(C)(C)C)cccc2C(C)(C)C)c(N)c([2H])c1[2H]. The van der Waals surface area contributed by atoms with Gasteiger partial charge < -0.3 is 11.1 Å². The molecule has 0 aliphatic heterocycles. The minimum atomic E-state index is -0.150. The van der Waals surface area contributed by atoms with Crippen LogP contribution in [0.1, 0.15) is 56.8 Å². The Morgan fingerprint density at radius 2 is 1.45 bits per heavy atom. The van der Waals surface area contributed by atoms with E-state index in [4.69, 9.17) is 9.85 Å². The molecule has 2 heteroatoms. The van der Waals surface area contributed by atoms with Crippen LogP contribution in [0.3, 0.4) is 0 Å². The van der Waals surface area contributed by atoms with E-state index < -0.39 is 0 Å². The predicted octanol–water partition coefficient (Wildman–Crippen LogP) is 5.61. The maximum Gasteiger partial charge on any atom is 0.0645 e. The molecule has 0 aliphatic carbocycles. The molecule has 2 rings (SSSR count). The molecular weight excluding hydrogens is 268 g/mol.